The summed E-state index contributed by atoms with van der Waals surface area (Å²) in [7, 11) is 1.78. The van der Waals surface area contributed by atoms with E-state index in [4.69, 9.17) is 4.74 Å². The fourth-order valence-electron chi connectivity index (χ4n) is 5.07. The molecule has 6 heteroatoms. The number of benzene rings is 2. The summed E-state index contributed by atoms with van der Waals surface area (Å²) in [6.07, 6.45) is 0.857. The fraction of sp³-hybridized carbons (Fsp3) is 0.391. The number of nitrogens with zero attached hydrogens (tertiary/aromatic N) is 2. The first kappa shape index (κ1) is 18.2. The molecule has 0 aliphatic carbocycles. The van der Waals surface area contributed by atoms with Crippen molar-refractivity contribution in [2.24, 2.45) is 5.92 Å². The van der Waals surface area contributed by atoms with Gasteiger partial charge in [-0.2, -0.15) is 0 Å². The molecule has 3 aliphatic heterocycles. The highest BCUT2D eigenvalue weighted by molar-refractivity contribution is 6.01. The van der Waals surface area contributed by atoms with Crippen LogP contribution < -0.4 is 5.32 Å². The summed E-state index contributed by atoms with van der Waals surface area (Å²) in [6, 6.07) is 16.0. The van der Waals surface area contributed by atoms with Crippen LogP contribution in [0.25, 0.3) is 0 Å². The van der Waals surface area contributed by atoms with E-state index >= 15 is 0 Å². The largest absolute Gasteiger partial charge is 0.381 e. The maximum Gasteiger partial charge on any atom is 0.322 e. The highest BCUT2D eigenvalue weighted by atomic mass is 16.5. The Labute approximate surface area is 170 Å². The summed E-state index contributed by atoms with van der Waals surface area (Å²) < 4.78 is 5.76. The molecule has 5 rings (SSSR count). The molecule has 1 N–H and O–H groups in total. The smallest absolute Gasteiger partial charge is 0.322 e. The van der Waals surface area contributed by atoms with Crippen LogP contribution >= 0.6 is 0 Å². The molecule has 3 aliphatic rings. The van der Waals surface area contributed by atoms with Crippen LogP contribution in [0.15, 0.2) is 48.5 Å². The average Bonchev–Trinajstić information content (AvgIpc) is 3.28. The topological polar surface area (TPSA) is 61.9 Å². The van der Waals surface area contributed by atoms with Gasteiger partial charge in [-0.25, -0.2) is 4.79 Å². The van der Waals surface area contributed by atoms with Crippen molar-refractivity contribution in [2.45, 2.75) is 24.9 Å². The molecular weight excluding hydrogens is 366 g/mol. The molecule has 0 radical (unpaired) electrons. The van der Waals surface area contributed by atoms with E-state index in [9.17, 15) is 9.59 Å². The van der Waals surface area contributed by atoms with Gasteiger partial charge in [0.2, 0.25) is 0 Å². The van der Waals surface area contributed by atoms with E-state index in [1.807, 2.05) is 29.2 Å². The fourth-order valence-corrected chi connectivity index (χ4v) is 5.07. The van der Waals surface area contributed by atoms with E-state index in [2.05, 4.69) is 29.6 Å². The number of likely N-dealkylation sites (tertiary alicyclic amines) is 1. The Kier molecular flexibility index (Phi) is 4.51. The number of urea groups is 1. The number of fused-ring (bicyclic) bond motifs is 2. The van der Waals surface area contributed by atoms with Gasteiger partial charge in [0.05, 0.1) is 6.61 Å². The lowest BCUT2D eigenvalue weighted by molar-refractivity contribution is 0.0272. The summed E-state index contributed by atoms with van der Waals surface area (Å²) in [6.45, 7) is 2.58. The van der Waals surface area contributed by atoms with Crippen molar-refractivity contribution in [1.82, 2.24) is 9.80 Å². The molecule has 150 valence electrons. The molecule has 2 aromatic rings. The van der Waals surface area contributed by atoms with Gasteiger partial charge in [0.15, 0.2) is 0 Å². The Bertz CT molecular complexity index is 946. The van der Waals surface area contributed by atoms with Crippen molar-refractivity contribution in [2.75, 3.05) is 32.1 Å². The Morgan fingerprint density at radius 2 is 1.97 bits per heavy atom. The predicted molar refractivity (Wildman–Crippen MR) is 110 cm³/mol. The molecule has 0 aromatic heterocycles. The van der Waals surface area contributed by atoms with Crippen molar-refractivity contribution in [3.05, 3.63) is 65.2 Å². The number of ether oxygens (including phenoxy) is 1. The molecular formula is C23H25N3O3. The van der Waals surface area contributed by atoms with Crippen LogP contribution in [-0.2, 0) is 11.3 Å². The van der Waals surface area contributed by atoms with Crippen LogP contribution in [0.4, 0.5) is 10.5 Å². The van der Waals surface area contributed by atoms with E-state index in [1.54, 1.807) is 11.9 Å². The molecule has 0 saturated carbocycles. The van der Waals surface area contributed by atoms with Gasteiger partial charge in [-0.3, -0.25) is 4.79 Å². The molecule has 3 atom stereocenters. The van der Waals surface area contributed by atoms with E-state index in [-0.39, 0.29) is 23.9 Å². The third-order valence-electron chi connectivity index (χ3n) is 6.55. The van der Waals surface area contributed by atoms with Crippen molar-refractivity contribution in [3.8, 4) is 0 Å². The van der Waals surface area contributed by atoms with Crippen molar-refractivity contribution < 1.29 is 14.3 Å². The molecule has 0 bridgehead atoms. The average molecular weight is 391 g/mol. The monoisotopic (exact) mass is 391 g/mol. The van der Waals surface area contributed by atoms with E-state index in [0.717, 1.165) is 17.7 Å². The zero-order valence-corrected chi connectivity index (χ0v) is 16.5. The molecule has 0 spiro atoms. The Morgan fingerprint density at radius 3 is 2.79 bits per heavy atom. The molecule has 2 aromatic carbocycles. The second-order valence-corrected chi connectivity index (χ2v) is 8.19. The second kappa shape index (κ2) is 7.19. The van der Waals surface area contributed by atoms with E-state index < -0.39 is 0 Å². The van der Waals surface area contributed by atoms with Crippen LogP contribution in [-0.4, -0.2) is 54.6 Å². The lowest BCUT2D eigenvalue weighted by Crippen LogP contribution is -2.44. The Morgan fingerprint density at radius 1 is 1.14 bits per heavy atom. The maximum atomic E-state index is 13.3. The maximum absolute atomic E-state index is 13.3. The van der Waals surface area contributed by atoms with Crippen LogP contribution in [0.1, 0.15) is 33.8 Å². The molecule has 2 saturated heterocycles. The summed E-state index contributed by atoms with van der Waals surface area (Å²) in [5, 5.41) is 3.10. The third-order valence-corrected chi connectivity index (χ3v) is 6.55. The van der Waals surface area contributed by atoms with Crippen molar-refractivity contribution in [3.63, 3.8) is 0 Å². The van der Waals surface area contributed by atoms with Crippen LogP contribution in [0.3, 0.4) is 0 Å². The second-order valence-electron chi connectivity index (χ2n) is 8.19. The molecule has 29 heavy (non-hydrogen) atoms. The summed E-state index contributed by atoms with van der Waals surface area (Å²) >= 11 is 0. The number of hydrogen-bond donors (Lipinski definition) is 1. The number of hydrogen-bond acceptors (Lipinski definition) is 3. The lowest BCUT2D eigenvalue weighted by Gasteiger charge is -2.32. The zero-order chi connectivity index (χ0) is 20.0. The first-order chi connectivity index (χ1) is 14.1. The molecule has 3 amide bonds. The van der Waals surface area contributed by atoms with E-state index in [0.29, 0.717) is 37.8 Å². The minimum atomic E-state index is -0.0873. The van der Waals surface area contributed by atoms with Gasteiger partial charge >= 0.3 is 6.03 Å². The third kappa shape index (κ3) is 3.08. The zero-order valence-electron chi connectivity index (χ0n) is 16.5. The van der Waals surface area contributed by atoms with Crippen molar-refractivity contribution >= 4 is 17.6 Å². The standard InChI is InChI=1S/C23H25N3O3/c1-25-12-18-16(22(25)27)8-5-9-20(18)24-23(28)26-13-17(15-6-3-2-4-7-15)19-14-29-11-10-21(19)26/h2-9,17,19,21H,10-14H2,1H3,(H,24,28)/t17-,19-,21-/m1/s1. The normalized spacial score (nSPS) is 25.7. The first-order valence-corrected chi connectivity index (χ1v) is 10.2. The summed E-state index contributed by atoms with van der Waals surface area (Å²) in [5.74, 6) is 0.596. The number of anilines is 1. The quantitative estimate of drug-likeness (QED) is 0.854. The van der Waals surface area contributed by atoms with Gasteiger partial charge in [0.25, 0.3) is 5.91 Å². The van der Waals surface area contributed by atoms with Crippen LogP contribution in [0, 0.1) is 5.92 Å². The van der Waals surface area contributed by atoms with Gasteiger partial charge < -0.3 is 19.9 Å². The predicted octanol–water partition coefficient (Wildman–Crippen LogP) is 3.31. The molecule has 2 fully saturated rings. The first-order valence-electron chi connectivity index (χ1n) is 10.2. The number of carbonyl (C=O) groups excluding carboxylic acids is 2. The number of rotatable bonds is 2. The Hall–Kier alpha value is -2.86. The number of carbonyl (C=O) groups is 2. The highest BCUT2D eigenvalue weighted by Crippen LogP contribution is 2.41. The lowest BCUT2D eigenvalue weighted by atomic mass is 9.84. The molecule has 6 nitrogen and oxygen atoms in total. The van der Waals surface area contributed by atoms with Gasteiger partial charge in [-0.15, -0.1) is 0 Å². The minimum Gasteiger partial charge on any atom is -0.381 e. The number of nitrogens with one attached hydrogen (secondary N) is 1. The van der Waals surface area contributed by atoms with Gasteiger partial charge in [-0.1, -0.05) is 36.4 Å². The summed E-state index contributed by atoms with van der Waals surface area (Å²) in [4.78, 5) is 29.2. The summed E-state index contributed by atoms with van der Waals surface area (Å²) in [5.41, 5.74) is 3.57. The highest BCUT2D eigenvalue weighted by Gasteiger charge is 2.46. The molecule has 0 unspecified atom stereocenters. The van der Waals surface area contributed by atoms with Gasteiger partial charge in [-0.05, 0) is 24.1 Å². The van der Waals surface area contributed by atoms with Crippen LogP contribution in [0.5, 0.6) is 0 Å². The minimum absolute atomic E-state index is 0.00547. The Balaban J connectivity index is 1.40. The van der Waals surface area contributed by atoms with E-state index in [1.165, 1.54) is 5.56 Å². The molecule has 3 heterocycles. The van der Waals surface area contributed by atoms with Crippen LogP contribution in [0.2, 0.25) is 0 Å². The number of amides is 3. The van der Waals surface area contributed by atoms with Crippen molar-refractivity contribution in [1.29, 1.82) is 0 Å². The van der Waals surface area contributed by atoms with Gasteiger partial charge in [0.1, 0.15) is 0 Å². The SMILES string of the molecule is CN1Cc2c(NC(=O)N3C[C@H](c4ccccc4)[C@H]4COCC[C@H]43)cccc2C1=O. The van der Waals surface area contributed by atoms with Gasteiger partial charge in [0, 0.05) is 61.4 Å².